The number of nitrogens with one attached hydrogen (secondary N) is 1. The molecule has 140 valence electrons. The molecule has 0 radical (unpaired) electrons. The molecule has 2 aromatic carbocycles. The molecule has 1 atom stereocenters. The van der Waals surface area contributed by atoms with E-state index in [2.05, 4.69) is 43.4 Å². The average molecular weight is 374 g/mol. The smallest absolute Gasteiger partial charge is 0.230 e. The minimum atomic E-state index is -0.0399. The number of thioether (sulfide) groups is 1. The van der Waals surface area contributed by atoms with E-state index in [0.29, 0.717) is 17.3 Å². The van der Waals surface area contributed by atoms with Crippen molar-refractivity contribution in [2.24, 2.45) is 0 Å². The van der Waals surface area contributed by atoms with Crippen molar-refractivity contribution in [3.8, 4) is 11.5 Å². The summed E-state index contributed by atoms with van der Waals surface area (Å²) in [6.45, 7) is 4.14. The van der Waals surface area contributed by atoms with Crippen molar-refractivity contribution < 1.29 is 14.3 Å². The molecule has 26 heavy (non-hydrogen) atoms. The number of hydrogen-bond donors (Lipinski definition) is 1. The first kappa shape index (κ1) is 20.2. The summed E-state index contributed by atoms with van der Waals surface area (Å²) in [5.74, 6) is 2.68. The molecular weight excluding hydrogens is 346 g/mol. The monoisotopic (exact) mass is 373 g/mol. The summed E-state index contributed by atoms with van der Waals surface area (Å²) < 4.78 is 10.6. The van der Waals surface area contributed by atoms with Crippen LogP contribution in [0.25, 0.3) is 0 Å². The highest BCUT2D eigenvalue weighted by Gasteiger charge is 2.15. The topological polar surface area (TPSA) is 47.6 Å². The number of amides is 1. The fourth-order valence-corrected chi connectivity index (χ4v) is 3.58. The number of rotatable bonds is 9. The Morgan fingerprint density at radius 2 is 1.88 bits per heavy atom. The first-order valence-electron chi connectivity index (χ1n) is 8.72. The molecule has 0 aliphatic rings. The van der Waals surface area contributed by atoms with Gasteiger partial charge in [-0.2, -0.15) is 0 Å². The van der Waals surface area contributed by atoms with Gasteiger partial charge < -0.3 is 14.8 Å². The van der Waals surface area contributed by atoms with Gasteiger partial charge in [0.25, 0.3) is 0 Å². The summed E-state index contributed by atoms with van der Waals surface area (Å²) in [6.07, 6.45) is 0.809. The number of methoxy groups -OCH3 is 2. The van der Waals surface area contributed by atoms with Crippen molar-refractivity contribution in [2.75, 3.05) is 20.0 Å². The molecule has 0 bridgehead atoms. The molecule has 2 rings (SSSR count). The fourth-order valence-electron chi connectivity index (χ4n) is 2.79. The molecule has 0 heterocycles. The Morgan fingerprint density at radius 1 is 1.12 bits per heavy atom. The molecule has 2 aromatic rings. The summed E-state index contributed by atoms with van der Waals surface area (Å²) in [6, 6.07) is 14.1. The van der Waals surface area contributed by atoms with E-state index in [0.717, 1.165) is 17.7 Å². The molecule has 4 nitrogen and oxygen atoms in total. The van der Waals surface area contributed by atoms with E-state index >= 15 is 0 Å². The zero-order chi connectivity index (χ0) is 18.9. The molecule has 0 fully saturated rings. The molecule has 0 aliphatic heterocycles. The first-order valence-corrected chi connectivity index (χ1v) is 9.87. The van der Waals surface area contributed by atoms with Gasteiger partial charge in [0.1, 0.15) is 0 Å². The summed E-state index contributed by atoms with van der Waals surface area (Å²) in [5, 5.41) is 3.11. The highest BCUT2D eigenvalue weighted by atomic mass is 32.2. The highest BCUT2D eigenvalue weighted by Crippen LogP contribution is 2.30. The lowest BCUT2D eigenvalue weighted by atomic mass is 10.0. The third-order valence-electron chi connectivity index (χ3n) is 4.14. The summed E-state index contributed by atoms with van der Waals surface area (Å²) in [4.78, 5) is 12.3. The molecule has 1 amide bonds. The van der Waals surface area contributed by atoms with E-state index in [4.69, 9.17) is 9.47 Å². The van der Waals surface area contributed by atoms with Crippen molar-refractivity contribution in [3.63, 3.8) is 0 Å². The van der Waals surface area contributed by atoms with Crippen LogP contribution in [0.15, 0.2) is 42.5 Å². The number of carbonyl (C=O) groups is 1. The van der Waals surface area contributed by atoms with Gasteiger partial charge in [-0.25, -0.2) is 0 Å². The van der Waals surface area contributed by atoms with E-state index in [1.807, 2.05) is 18.2 Å². The second kappa shape index (κ2) is 10.1. The normalized spacial score (nSPS) is 11.7. The van der Waals surface area contributed by atoms with Crippen LogP contribution in [0.4, 0.5) is 0 Å². The quantitative estimate of drug-likeness (QED) is 0.702. The Balaban J connectivity index is 1.91. The maximum absolute atomic E-state index is 12.3. The molecule has 0 saturated heterocycles. The minimum absolute atomic E-state index is 0.0399. The maximum atomic E-state index is 12.3. The largest absolute Gasteiger partial charge is 0.493 e. The number of benzene rings is 2. The molecule has 0 aromatic heterocycles. The van der Waals surface area contributed by atoms with Gasteiger partial charge in [0.15, 0.2) is 11.5 Å². The Hall–Kier alpha value is -2.14. The number of carbonyl (C=O) groups excluding carboxylic acids is 1. The predicted molar refractivity (Wildman–Crippen MR) is 108 cm³/mol. The molecule has 1 N–H and O–H groups in total. The van der Waals surface area contributed by atoms with Crippen molar-refractivity contribution in [1.82, 2.24) is 5.32 Å². The van der Waals surface area contributed by atoms with Crippen LogP contribution in [0.1, 0.15) is 36.1 Å². The van der Waals surface area contributed by atoms with Crippen LogP contribution >= 0.6 is 11.8 Å². The maximum Gasteiger partial charge on any atom is 0.230 e. The van der Waals surface area contributed by atoms with E-state index in [1.165, 1.54) is 11.1 Å². The van der Waals surface area contributed by atoms with Crippen LogP contribution in [0.3, 0.4) is 0 Å². The lowest BCUT2D eigenvalue weighted by Gasteiger charge is -2.19. The van der Waals surface area contributed by atoms with Crippen molar-refractivity contribution in [3.05, 3.63) is 59.2 Å². The van der Waals surface area contributed by atoms with Crippen LogP contribution in [0, 0.1) is 6.92 Å². The molecule has 0 unspecified atom stereocenters. The van der Waals surface area contributed by atoms with Gasteiger partial charge in [-0.1, -0.05) is 42.8 Å². The number of hydrogen-bond acceptors (Lipinski definition) is 4. The van der Waals surface area contributed by atoms with Crippen molar-refractivity contribution in [2.45, 2.75) is 32.1 Å². The second-order valence-electron chi connectivity index (χ2n) is 6.12. The second-order valence-corrected chi connectivity index (χ2v) is 7.11. The van der Waals surface area contributed by atoms with Crippen LogP contribution in [-0.4, -0.2) is 25.9 Å². The lowest BCUT2D eigenvalue weighted by molar-refractivity contribution is -0.119. The van der Waals surface area contributed by atoms with E-state index in [9.17, 15) is 4.79 Å². The van der Waals surface area contributed by atoms with Crippen LogP contribution in [-0.2, 0) is 10.5 Å². The number of ether oxygens (including phenoxy) is 2. The van der Waals surface area contributed by atoms with Crippen LogP contribution in [0.5, 0.6) is 11.5 Å². The number of aryl methyl sites for hydroxylation is 1. The molecule has 0 aliphatic carbocycles. The highest BCUT2D eigenvalue weighted by molar-refractivity contribution is 7.99. The Labute approximate surface area is 160 Å². The summed E-state index contributed by atoms with van der Waals surface area (Å²) in [7, 11) is 3.23. The zero-order valence-electron chi connectivity index (χ0n) is 15.9. The average Bonchev–Trinajstić information content (AvgIpc) is 2.65. The van der Waals surface area contributed by atoms with Crippen molar-refractivity contribution >= 4 is 17.7 Å². The van der Waals surface area contributed by atoms with Gasteiger partial charge in [0, 0.05) is 5.75 Å². The lowest BCUT2D eigenvalue weighted by Crippen LogP contribution is -2.29. The third kappa shape index (κ3) is 5.70. The molecule has 0 spiro atoms. The van der Waals surface area contributed by atoms with E-state index in [1.54, 1.807) is 26.0 Å². The fraction of sp³-hybridized carbons (Fsp3) is 0.381. The molecule has 5 heteroatoms. The van der Waals surface area contributed by atoms with Gasteiger partial charge in [-0.05, 0) is 36.6 Å². The Bertz CT molecular complexity index is 733. The van der Waals surface area contributed by atoms with Crippen LogP contribution in [0.2, 0.25) is 0 Å². The van der Waals surface area contributed by atoms with E-state index < -0.39 is 0 Å². The minimum Gasteiger partial charge on any atom is -0.493 e. The van der Waals surface area contributed by atoms with Gasteiger partial charge in [0.2, 0.25) is 5.91 Å². The third-order valence-corrected chi connectivity index (χ3v) is 5.14. The Kier molecular flexibility index (Phi) is 7.85. The molecular formula is C21H27NO3S. The van der Waals surface area contributed by atoms with Gasteiger partial charge in [-0.3, -0.25) is 4.79 Å². The summed E-state index contributed by atoms with van der Waals surface area (Å²) in [5.41, 5.74) is 3.50. The standard InChI is InChI=1S/C21H27NO3S/c1-5-18(17-9-10-19(24-3)20(12-17)25-4)22-21(23)14-26-13-16-8-6-7-15(2)11-16/h6-12,18H,5,13-14H2,1-4H3,(H,22,23)/t18-/m0/s1. The first-order chi connectivity index (χ1) is 12.6. The molecule has 0 saturated carbocycles. The predicted octanol–water partition coefficient (Wildman–Crippen LogP) is 4.51. The van der Waals surface area contributed by atoms with Gasteiger partial charge in [-0.15, -0.1) is 11.8 Å². The zero-order valence-corrected chi connectivity index (χ0v) is 16.7. The summed E-state index contributed by atoms with van der Waals surface area (Å²) >= 11 is 1.63. The Morgan fingerprint density at radius 3 is 2.54 bits per heavy atom. The van der Waals surface area contributed by atoms with E-state index in [-0.39, 0.29) is 11.9 Å². The van der Waals surface area contributed by atoms with Crippen LogP contribution < -0.4 is 14.8 Å². The van der Waals surface area contributed by atoms with Gasteiger partial charge >= 0.3 is 0 Å². The van der Waals surface area contributed by atoms with Gasteiger partial charge in [0.05, 0.1) is 26.0 Å². The SMILES string of the molecule is CC[C@H](NC(=O)CSCc1cccc(C)c1)c1ccc(OC)c(OC)c1. The van der Waals surface area contributed by atoms with Crippen molar-refractivity contribution in [1.29, 1.82) is 0 Å².